The standard InChI is InChI=1S/C12H15F2N3O2S/c1-12(2,20(3,18)19)6-17-9-5-7(13)4-8(14)10(9)16-11(17)15/h4-5H,6H2,1-3H3,(H2,15,16). The van der Waals surface area contributed by atoms with Crippen LogP contribution < -0.4 is 5.73 Å². The Labute approximate surface area is 115 Å². The average molecular weight is 303 g/mol. The summed E-state index contributed by atoms with van der Waals surface area (Å²) < 4.78 is 50.6. The number of hydrogen-bond acceptors (Lipinski definition) is 4. The largest absolute Gasteiger partial charge is 0.369 e. The number of aromatic nitrogens is 2. The van der Waals surface area contributed by atoms with Crippen LogP contribution in [0.1, 0.15) is 13.8 Å². The first kappa shape index (κ1) is 14.7. The van der Waals surface area contributed by atoms with Gasteiger partial charge in [-0.1, -0.05) is 0 Å². The Morgan fingerprint density at radius 1 is 1.35 bits per heavy atom. The summed E-state index contributed by atoms with van der Waals surface area (Å²) in [5, 5.41) is 0. The van der Waals surface area contributed by atoms with E-state index in [1.807, 2.05) is 0 Å². The zero-order valence-corrected chi connectivity index (χ0v) is 12.1. The van der Waals surface area contributed by atoms with Crippen LogP contribution in [0.3, 0.4) is 0 Å². The first-order valence-electron chi connectivity index (χ1n) is 5.83. The second-order valence-electron chi connectivity index (χ2n) is 5.34. The molecule has 0 spiro atoms. The molecule has 2 rings (SSSR count). The molecule has 0 radical (unpaired) electrons. The highest BCUT2D eigenvalue weighted by molar-refractivity contribution is 7.92. The second kappa shape index (κ2) is 4.41. The van der Waals surface area contributed by atoms with Gasteiger partial charge < -0.3 is 10.3 Å². The van der Waals surface area contributed by atoms with Crippen LogP contribution in [0.2, 0.25) is 0 Å². The van der Waals surface area contributed by atoms with Gasteiger partial charge in [-0.25, -0.2) is 22.2 Å². The van der Waals surface area contributed by atoms with E-state index < -0.39 is 26.2 Å². The van der Waals surface area contributed by atoms with Gasteiger partial charge in [-0.05, 0) is 13.8 Å². The molecule has 0 aliphatic carbocycles. The van der Waals surface area contributed by atoms with Gasteiger partial charge in [0.15, 0.2) is 15.7 Å². The fraction of sp³-hybridized carbons (Fsp3) is 0.417. The molecule has 0 unspecified atom stereocenters. The zero-order valence-electron chi connectivity index (χ0n) is 11.3. The maximum Gasteiger partial charge on any atom is 0.201 e. The summed E-state index contributed by atoms with van der Waals surface area (Å²) >= 11 is 0. The SMILES string of the molecule is CC(C)(Cn1c(N)nc2c(F)cc(F)cc21)S(C)(=O)=O. The first-order chi connectivity index (χ1) is 9.03. The van der Waals surface area contributed by atoms with Crippen LogP contribution in [-0.4, -0.2) is 29.0 Å². The number of nitrogens with two attached hydrogens (primary N) is 1. The van der Waals surface area contributed by atoms with E-state index in [4.69, 9.17) is 5.73 Å². The Morgan fingerprint density at radius 2 is 1.95 bits per heavy atom. The Balaban J connectivity index is 2.64. The Hall–Kier alpha value is -1.70. The summed E-state index contributed by atoms with van der Waals surface area (Å²) in [6.07, 6.45) is 1.10. The predicted molar refractivity (Wildman–Crippen MR) is 73.0 cm³/mol. The van der Waals surface area contributed by atoms with Crippen molar-refractivity contribution in [1.82, 2.24) is 9.55 Å². The number of sulfone groups is 1. The van der Waals surface area contributed by atoms with Gasteiger partial charge in [-0.15, -0.1) is 0 Å². The number of nitrogen functional groups attached to an aromatic ring is 1. The molecule has 0 fully saturated rings. The molecule has 0 aliphatic rings. The molecule has 2 aromatic rings. The molecule has 0 bridgehead atoms. The van der Waals surface area contributed by atoms with E-state index >= 15 is 0 Å². The lowest BCUT2D eigenvalue weighted by Gasteiger charge is -2.23. The fourth-order valence-corrected chi connectivity index (χ4v) is 2.19. The van der Waals surface area contributed by atoms with Crippen LogP contribution in [0.15, 0.2) is 12.1 Å². The van der Waals surface area contributed by atoms with Gasteiger partial charge in [0.05, 0.1) is 10.3 Å². The van der Waals surface area contributed by atoms with Crippen molar-refractivity contribution in [3.8, 4) is 0 Å². The molecule has 1 aromatic carbocycles. The number of rotatable bonds is 3. The van der Waals surface area contributed by atoms with E-state index in [1.54, 1.807) is 0 Å². The summed E-state index contributed by atoms with van der Waals surface area (Å²) in [6, 6.07) is 1.79. The molecule has 1 aromatic heterocycles. The molecule has 0 amide bonds. The van der Waals surface area contributed by atoms with Crippen molar-refractivity contribution < 1.29 is 17.2 Å². The summed E-state index contributed by atoms with van der Waals surface area (Å²) in [5.41, 5.74) is 5.75. The Morgan fingerprint density at radius 3 is 2.50 bits per heavy atom. The fourth-order valence-electron chi connectivity index (χ4n) is 1.83. The lowest BCUT2D eigenvalue weighted by atomic mass is 10.2. The molecule has 0 saturated carbocycles. The van der Waals surface area contributed by atoms with E-state index in [9.17, 15) is 17.2 Å². The molecule has 2 N–H and O–H groups in total. The number of halogens is 2. The van der Waals surface area contributed by atoms with E-state index in [1.165, 1.54) is 18.4 Å². The number of imidazole rings is 1. The van der Waals surface area contributed by atoms with Crippen LogP contribution in [0.4, 0.5) is 14.7 Å². The van der Waals surface area contributed by atoms with Crippen LogP contribution >= 0.6 is 0 Å². The maximum atomic E-state index is 13.6. The first-order valence-corrected chi connectivity index (χ1v) is 7.72. The van der Waals surface area contributed by atoms with Gasteiger partial charge in [0.1, 0.15) is 11.3 Å². The van der Waals surface area contributed by atoms with Crippen molar-refractivity contribution in [1.29, 1.82) is 0 Å². The topological polar surface area (TPSA) is 78.0 Å². The van der Waals surface area contributed by atoms with Gasteiger partial charge in [0.2, 0.25) is 5.95 Å². The molecule has 1 heterocycles. The lowest BCUT2D eigenvalue weighted by molar-refractivity contribution is 0.510. The van der Waals surface area contributed by atoms with Crippen molar-refractivity contribution in [2.45, 2.75) is 25.1 Å². The van der Waals surface area contributed by atoms with Gasteiger partial charge >= 0.3 is 0 Å². The van der Waals surface area contributed by atoms with Crippen LogP contribution in [0.25, 0.3) is 11.0 Å². The number of anilines is 1. The molecule has 110 valence electrons. The lowest BCUT2D eigenvalue weighted by Crippen LogP contribution is -2.36. The minimum atomic E-state index is -3.38. The molecular weight excluding hydrogens is 288 g/mol. The molecule has 8 heteroatoms. The highest BCUT2D eigenvalue weighted by Crippen LogP contribution is 2.26. The number of benzene rings is 1. The molecule has 0 atom stereocenters. The molecule has 0 aliphatic heterocycles. The highest BCUT2D eigenvalue weighted by atomic mass is 32.2. The van der Waals surface area contributed by atoms with E-state index in [-0.39, 0.29) is 23.5 Å². The van der Waals surface area contributed by atoms with Crippen molar-refractivity contribution in [3.63, 3.8) is 0 Å². The monoisotopic (exact) mass is 303 g/mol. The van der Waals surface area contributed by atoms with Crippen LogP contribution in [-0.2, 0) is 16.4 Å². The number of hydrogen-bond donors (Lipinski definition) is 1. The third-order valence-electron chi connectivity index (χ3n) is 3.34. The summed E-state index contributed by atoms with van der Waals surface area (Å²) in [5.74, 6) is -1.66. The molecule has 0 saturated heterocycles. The summed E-state index contributed by atoms with van der Waals surface area (Å²) in [6.45, 7) is 2.99. The van der Waals surface area contributed by atoms with E-state index in [2.05, 4.69) is 4.98 Å². The van der Waals surface area contributed by atoms with E-state index in [0.29, 0.717) is 6.07 Å². The Kier molecular flexibility index (Phi) is 3.24. The molecular formula is C12H15F2N3O2S. The molecule has 5 nitrogen and oxygen atoms in total. The van der Waals surface area contributed by atoms with Crippen molar-refractivity contribution >= 4 is 26.8 Å². The molecule has 20 heavy (non-hydrogen) atoms. The second-order valence-corrected chi connectivity index (χ2v) is 7.99. The third kappa shape index (κ3) is 2.35. The smallest absolute Gasteiger partial charge is 0.201 e. The quantitative estimate of drug-likeness (QED) is 0.936. The van der Waals surface area contributed by atoms with Gasteiger partial charge in [0.25, 0.3) is 0 Å². The van der Waals surface area contributed by atoms with Crippen molar-refractivity contribution in [2.24, 2.45) is 0 Å². The third-order valence-corrected chi connectivity index (χ3v) is 5.48. The van der Waals surface area contributed by atoms with E-state index in [0.717, 1.165) is 12.3 Å². The minimum absolute atomic E-state index is 0.0446. The Bertz CT molecular complexity index is 782. The summed E-state index contributed by atoms with van der Waals surface area (Å²) in [7, 11) is -3.38. The normalized spacial score (nSPS) is 13.1. The van der Waals surface area contributed by atoms with Crippen LogP contribution in [0, 0.1) is 11.6 Å². The van der Waals surface area contributed by atoms with Gasteiger partial charge in [-0.3, -0.25) is 0 Å². The highest BCUT2D eigenvalue weighted by Gasteiger charge is 2.32. The van der Waals surface area contributed by atoms with Crippen molar-refractivity contribution in [3.05, 3.63) is 23.8 Å². The number of nitrogens with zero attached hydrogens (tertiary/aromatic N) is 2. The maximum absolute atomic E-state index is 13.6. The minimum Gasteiger partial charge on any atom is -0.369 e. The van der Waals surface area contributed by atoms with Gasteiger partial charge in [-0.2, -0.15) is 0 Å². The van der Waals surface area contributed by atoms with Crippen molar-refractivity contribution in [2.75, 3.05) is 12.0 Å². The number of fused-ring (bicyclic) bond motifs is 1. The van der Waals surface area contributed by atoms with Crippen LogP contribution in [0.5, 0.6) is 0 Å². The van der Waals surface area contributed by atoms with Gasteiger partial charge in [0, 0.05) is 24.9 Å². The predicted octanol–water partition coefficient (Wildman–Crippen LogP) is 1.72. The summed E-state index contributed by atoms with van der Waals surface area (Å²) in [4.78, 5) is 3.82. The zero-order chi connectivity index (χ0) is 15.3. The average Bonchev–Trinajstić information content (AvgIpc) is 2.55.